The Bertz CT molecular complexity index is 768. The van der Waals surface area contributed by atoms with Gasteiger partial charge in [0.2, 0.25) is 0 Å². The highest BCUT2D eigenvalue weighted by Crippen LogP contribution is 2.46. The number of hydrogen-bond donors (Lipinski definition) is 2. The Kier molecular flexibility index (Phi) is 6.85. The summed E-state index contributed by atoms with van der Waals surface area (Å²) >= 11 is 0. The second kappa shape index (κ2) is 8.59. The number of hydrogen-bond acceptors (Lipinski definition) is 2. The van der Waals surface area contributed by atoms with Crippen LogP contribution in [0.4, 0.5) is 0 Å². The lowest BCUT2D eigenvalue weighted by atomic mass is 9.72. The number of phenols is 2. The third-order valence-corrected chi connectivity index (χ3v) is 5.66. The van der Waals surface area contributed by atoms with Crippen LogP contribution in [0.25, 0.3) is 0 Å². The van der Waals surface area contributed by atoms with Gasteiger partial charge in [0.15, 0.2) is 0 Å². The van der Waals surface area contributed by atoms with Gasteiger partial charge in [-0.05, 0) is 55.6 Å². The number of aryl methyl sites for hydroxylation is 4. The van der Waals surface area contributed by atoms with Crippen molar-refractivity contribution in [2.24, 2.45) is 11.3 Å². The van der Waals surface area contributed by atoms with Gasteiger partial charge in [-0.15, -0.1) is 0 Å². The summed E-state index contributed by atoms with van der Waals surface area (Å²) in [7, 11) is 0. The van der Waals surface area contributed by atoms with E-state index in [0.29, 0.717) is 11.5 Å². The van der Waals surface area contributed by atoms with E-state index in [1.165, 1.54) is 0 Å². The molecule has 0 saturated heterocycles. The van der Waals surface area contributed by atoms with Crippen molar-refractivity contribution in [2.75, 3.05) is 0 Å². The number of aromatic hydroxyl groups is 2. The number of rotatable bonds is 6. The predicted octanol–water partition coefficient (Wildman–Crippen LogP) is 7.04. The standard InChI is InChI=1S/C26H38O2/c1-9-19-11-16(3)13-21(24(19)27)23(18(5)15-26(6,7)8)22-14-17(4)12-20(10-2)25(22)28/h11-14,18,23,27-28H,9-10,15H2,1-8H3. The Labute approximate surface area is 171 Å². The molecule has 0 amide bonds. The van der Waals surface area contributed by atoms with Gasteiger partial charge in [-0.25, -0.2) is 0 Å². The van der Waals surface area contributed by atoms with Gasteiger partial charge in [-0.2, -0.15) is 0 Å². The molecule has 2 nitrogen and oxygen atoms in total. The first-order valence-corrected chi connectivity index (χ1v) is 10.6. The predicted molar refractivity (Wildman–Crippen MR) is 120 cm³/mol. The summed E-state index contributed by atoms with van der Waals surface area (Å²) in [6, 6.07) is 8.34. The maximum Gasteiger partial charge on any atom is 0.122 e. The van der Waals surface area contributed by atoms with Crippen LogP contribution < -0.4 is 0 Å². The molecule has 2 N–H and O–H groups in total. The molecule has 0 aliphatic heterocycles. The van der Waals surface area contributed by atoms with E-state index >= 15 is 0 Å². The second-order valence-electron chi connectivity index (χ2n) is 9.65. The van der Waals surface area contributed by atoms with Crippen molar-refractivity contribution in [1.29, 1.82) is 0 Å². The van der Waals surface area contributed by atoms with E-state index in [1.807, 2.05) is 0 Å². The van der Waals surface area contributed by atoms with Gasteiger partial charge in [0.1, 0.15) is 11.5 Å². The van der Waals surface area contributed by atoms with Crippen molar-refractivity contribution in [3.05, 3.63) is 57.6 Å². The molecule has 2 aromatic carbocycles. The molecule has 2 aromatic rings. The van der Waals surface area contributed by atoms with Crippen LogP contribution in [0.3, 0.4) is 0 Å². The Hall–Kier alpha value is -1.96. The van der Waals surface area contributed by atoms with Crippen molar-refractivity contribution in [1.82, 2.24) is 0 Å². The minimum absolute atomic E-state index is 0.0466. The van der Waals surface area contributed by atoms with E-state index < -0.39 is 0 Å². The smallest absolute Gasteiger partial charge is 0.122 e. The van der Waals surface area contributed by atoms with E-state index in [-0.39, 0.29) is 17.3 Å². The van der Waals surface area contributed by atoms with Gasteiger partial charge < -0.3 is 10.2 Å². The first kappa shape index (κ1) is 22.3. The molecule has 0 bridgehead atoms. The molecule has 0 spiro atoms. The third-order valence-electron chi connectivity index (χ3n) is 5.66. The van der Waals surface area contributed by atoms with Crippen LogP contribution in [0, 0.1) is 25.2 Å². The molecule has 154 valence electrons. The van der Waals surface area contributed by atoms with Gasteiger partial charge in [0.05, 0.1) is 0 Å². The minimum atomic E-state index is -0.0466. The van der Waals surface area contributed by atoms with Crippen LogP contribution in [0.1, 0.15) is 87.3 Å². The van der Waals surface area contributed by atoms with Crippen LogP contribution >= 0.6 is 0 Å². The fraction of sp³-hybridized carbons (Fsp3) is 0.538. The van der Waals surface area contributed by atoms with Crippen molar-refractivity contribution < 1.29 is 10.2 Å². The number of phenolic OH excluding ortho intramolecular Hbond substituents is 2. The molecule has 0 aliphatic carbocycles. The molecule has 0 aromatic heterocycles. The average molecular weight is 383 g/mol. The van der Waals surface area contributed by atoms with Gasteiger partial charge in [-0.1, -0.05) is 76.9 Å². The summed E-state index contributed by atoms with van der Waals surface area (Å²) in [5.74, 6) is 1.00. The van der Waals surface area contributed by atoms with Crippen molar-refractivity contribution in [3.63, 3.8) is 0 Å². The Morgan fingerprint density at radius 3 is 1.50 bits per heavy atom. The molecular formula is C26H38O2. The van der Waals surface area contributed by atoms with E-state index in [9.17, 15) is 10.2 Å². The summed E-state index contributed by atoms with van der Waals surface area (Å²) in [6.45, 7) is 17.3. The maximum absolute atomic E-state index is 11.1. The van der Waals surface area contributed by atoms with Crippen LogP contribution in [-0.2, 0) is 12.8 Å². The lowest BCUT2D eigenvalue weighted by Gasteiger charge is -2.32. The molecule has 1 unspecified atom stereocenters. The van der Waals surface area contributed by atoms with Crippen LogP contribution in [0.5, 0.6) is 11.5 Å². The highest BCUT2D eigenvalue weighted by atomic mass is 16.3. The van der Waals surface area contributed by atoms with Crippen LogP contribution in [0.15, 0.2) is 24.3 Å². The molecule has 0 aliphatic rings. The molecule has 0 radical (unpaired) electrons. The molecule has 2 heteroatoms. The molecule has 0 fully saturated rings. The average Bonchev–Trinajstić information content (AvgIpc) is 2.58. The lowest BCUT2D eigenvalue weighted by molar-refractivity contribution is 0.285. The summed E-state index contributed by atoms with van der Waals surface area (Å²) in [5, 5.41) is 22.2. The molecule has 28 heavy (non-hydrogen) atoms. The Morgan fingerprint density at radius 1 is 0.786 bits per heavy atom. The van der Waals surface area contributed by atoms with Crippen molar-refractivity contribution >= 4 is 0 Å². The molecule has 0 saturated carbocycles. The van der Waals surface area contributed by atoms with Gasteiger partial charge in [-0.3, -0.25) is 0 Å². The van der Waals surface area contributed by atoms with E-state index in [0.717, 1.165) is 52.6 Å². The van der Waals surface area contributed by atoms with E-state index in [4.69, 9.17) is 0 Å². The third kappa shape index (κ3) is 4.90. The van der Waals surface area contributed by atoms with Crippen LogP contribution in [-0.4, -0.2) is 10.2 Å². The number of benzene rings is 2. The zero-order valence-electron chi connectivity index (χ0n) is 19.0. The van der Waals surface area contributed by atoms with Gasteiger partial charge in [0.25, 0.3) is 0 Å². The molecule has 1 atom stereocenters. The quantitative estimate of drug-likeness (QED) is 0.562. The molecule has 2 rings (SSSR count). The minimum Gasteiger partial charge on any atom is -0.507 e. The largest absolute Gasteiger partial charge is 0.507 e. The first-order chi connectivity index (χ1) is 13.0. The maximum atomic E-state index is 11.1. The monoisotopic (exact) mass is 382 g/mol. The molecule has 0 heterocycles. The second-order valence-corrected chi connectivity index (χ2v) is 9.65. The van der Waals surface area contributed by atoms with E-state index in [2.05, 4.69) is 79.7 Å². The SMILES string of the molecule is CCc1cc(C)cc(C(c2cc(C)cc(CC)c2O)C(C)CC(C)(C)C)c1O. The lowest BCUT2D eigenvalue weighted by Crippen LogP contribution is -2.19. The topological polar surface area (TPSA) is 40.5 Å². The normalized spacial score (nSPS) is 13.2. The zero-order chi connectivity index (χ0) is 21.2. The summed E-state index contributed by atoms with van der Waals surface area (Å²) < 4.78 is 0. The van der Waals surface area contributed by atoms with Crippen molar-refractivity contribution in [3.8, 4) is 11.5 Å². The van der Waals surface area contributed by atoms with E-state index in [1.54, 1.807) is 0 Å². The first-order valence-electron chi connectivity index (χ1n) is 10.6. The molecular weight excluding hydrogens is 344 g/mol. The van der Waals surface area contributed by atoms with Gasteiger partial charge in [0, 0.05) is 17.0 Å². The summed E-state index contributed by atoms with van der Waals surface area (Å²) in [5.41, 5.74) is 6.31. The Morgan fingerprint density at radius 2 is 1.18 bits per heavy atom. The fourth-order valence-corrected chi connectivity index (χ4v) is 4.65. The van der Waals surface area contributed by atoms with Gasteiger partial charge >= 0.3 is 0 Å². The fourth-order valence-electron chi connectivity index (χ4n) is 4.65. The highest BCUT2D eigenvalue weighted by Gasteiger charge is 2.31. The Balaban J connectivity index is 2.77. The zero-order valence-corrected chi connectivity index (χ0v) is 19.0. The highest BCUT2D eigenvalue weighted by molar-refractivity contribution is 5.54. The summed E-state index contributed by atoms with van der Waals surface area (Å²) in [4.78, 5) is 0. The summed E-state index contributed by atoms with van der Waals surface area (Å²) in [6.07, 6.45) is 2.59. The van der Waals surface area contributed by atoms with Crippen molar-refractivity contribution in [2.45, 2.75) is 80.6 Å². The van der Waals surface area contributed by atoms with Crippen LogP contribution in [0.2, 0.25) is 0 Å².